The molecule has 152 valence electrons. The molecule has 5 fully saturated rings. The maximum Gasteiger partial charge on any atom is 0.251 e. The lowest BCUT2D eigenvalue weighted by Crippen LogP contribution is -2.59. The molecule has 5 nitrogen and oxygen atoms in total. The van der Waals surface area contributed by atoms with Gasteiger partial charge in [0.25, 0.3) is 5.91 Å². The zero-order valence-corrected chi connectivity index (χ0v) is 17.2. The highest BCUT2D eigenvalue weighted by Gasteiger charge is 2.51. The van der Waals surface area contributed by atoms with Crippen LogP contribution >= 0.6 is 0 Å². The molecule has 0 aromatic heterocycles. The lowest BCUT2D eigenvalue weighted by Gasteiger charge is -2.56. The number of benzene rings is 1. The molecule has 1 amide bonds. The Bertz CT molecular complexity index is 838. The van der Waals surface area contributed by atoms with Gasteiger partial charge in [-0.25, -0.2) is 8.42 Å². The van der Waals surface area contributed by atoms with E-state index in [4.69, 9.17) is 0 Å². The first-order valence-corrected chi connectivity index (χ1v) is 12.3. The second kappa shape index (κ2) is 6.84. The van der Waals surface area contributed by atoms with Crippen LogP contribution in [0.3, 0.4) is 0 Å². The van der Waals surface area contributed by atoms with E-state index in [1.54, 1.807) is 28.6 Å². The minimum absolute atomic E-state index is 0.0619. The number of piperidine rings is 1. The SMILES string of the molecule is O=C(NC12CC3CC(CC(C3)C1)C2)c1cccc(S(=O)(=O)N2CCCCC2)c1. The van der Waals surface area contributed by atoms with Crippen molar-refractivity contribution < 1.29 is 13.2 Å². The highest BCUT2D eigenvalue weighted by molar-refractivity contribution is 7.89. The van der Waals surface area contributed by atoms with Gasteiger partial charge >= 0.3 is 0 Å². The first kappa shape index (κ1) is 18.6. The van der Waals surface area contributed by atoms with Gasteiger partial charge < -0.3 is 5.32 Å². The molecule has 0 unspecified atom stereocenters. The van der Waals surface area contributed by atoms with Crippen molar-refractivity contribution in [3.63, 3.8) is 0 Å². The standard InChI is InChI=1S/C22H30N2O3S/c25-21(23-22-13-16-9-17(14-22)11-18(10-16)15-22)19-5-4-6-20(12-19)28(26,27)24-7-2-1-3-8-24/h4-6,12,16-18H,1-3,7-11,13-15H2,(H,23,25). The minimum atomic E-state index is -3.52. The van der Waals surface area contributed by atoms with E-state index in [1.807, 2.05) is 0 Å². The summed E-state index contributed by atoms with van der Waals surface area (Å²) in [5, 5.41) is 3.35. The van der Waals surface area contributed by atoms with Crippen molar-refractivity contribution in [1.82, 2.24) is 9.62 Å². The molecule has 4 saturated carbocycles. The van der Waals surface area contributed by atoms with Gasteiger partial charge in [-0.15, -0.1) is 0 Å². The van der Waals surface area contributed by atoms with Gasteiger partial charge in [0, 0.05) is 24.2 Å². The predicted molar refractivity (Wildman–Crippen MR) is 107 cm³/mol. The minimum Gasteiger partial charge on any atom is -0.347 e. The van der Waals surface area contributed by atoms with Crippen LogP contribution in [0.5, 0.6) is 0 Å². The number of rotatable bonds is 4. The quantitative estimate of drug-likeness (QED) is 0.837. The van der Waals surface area contributed by atoms with Gasteiger partial charge in [-0.3, -0.25) is 4.79 Å². The second-order valence-electron chi connectivity index (χ2n) is 9.64. The maximum atomic E-state index is 13.1. The Balaban J connectivity index is 1.35. The van der Waals surface area contributed by atoms with Crippen molar-refractivity contribution >= 4 is 15.9 Å². The molecule has 1 aromatic rings. The summed E-state index contributed by atoms with van der Waals surface area (Å²) < 4.78 is 27.5. The number of carbonyl (C=O) groups excluding carboxylic acids is 1. The summed E-state index contributed by atoms with van der Waals surface area (Å²) >= 11 is 0. The molecule has 6 rings (SSSR count). The maximum absolute atomic E-state index is 13.1. The molecular weight excluding hydrogens is 372 g/mol. The van der Waals surface area contributed by atoms with Gasteiger partial charge in [0.2, 0.25) is 10.0 Å². The second-order valence-corrected chi connectivity index (χ2v) is 11.6. The zero-order valence-electron chi connectivity index (χ0n) is 16.4. The van der Waals surface area contributed by atoms with E-state index in [0.29, 0.717) is 18.7 Å². The third-order valence-electron chi connectivity index (χ3n) is 7.47. The van der Waals surface area contributed by atoms with Crippen LogP contribution in [0.25, 0.3) is 0 Å². The van der Waals surface area contributed by atoms with Crippen molar-refractivity contribution in [2.24, 2.45) is 17.8 Å². The molecule has 1 aliphatic heterocycles. The molecule has 28 heavy (non-hydrogen) atoms. The largest absolute Gasteiger partial charge is 0.347 e. The van der Waals surface area contributed by atoms with Gasteiger partial charge in [-0.1, -0.05) is 12.5 Å². The van der Waals surface area contributed by atoms with E-state index in [0.717, 1.165) is 56.3 Å². The fraction of sp³-hybridized carbons (Fsp3) is 0.682. The molecule has 0 radical (unpaired) electrons. The Morgan fingerprint density at radius 2 is 1.57 bits per heavy atom. The summed E-state index contributed by atoms with van der Waals surface area (Å²) in [6.07, 6.45) is 10.2. The molecule has 1 heterocycles. The van der Waals surface area contributed by atoms with E-state index < -0.39 is 10.0 Å². The van der Waals surface area contributed by atoms with Crippen LogP contribution in [-0.4, -0.2) is 37.3 Å². The smallest absolute Gasteiger partial charge is 0.251 e. The van der Waals surface area contributed by atoms with Crippen molar-refractivity contribution in [3.8, 4) is 0 Å². The molecule has 1 aromatic carbocycles. The van der Waals surface area contributed by atoms with E-state index in [2.05, 4.69) is 5.32 Å². The van der Waals surface area contributed by atoms with E-state index in [1.165, 1.54) is 19.3 Å². The first-order valence-electron chi connectivity index (χ1n) is 10.9. The Morgan fingerprint density at radius 3 is 2.18 bits per heavy atom. The number of carbonyl (C=O) groups is 1. The Hall–Kier alpha value is -1.40. The normalized spacial score (nSPS) is 35.1. The van der Waals surface area contributed by atoms with Crippen LogP contribution in [0.15, 0.2) is 29.2 Å². The van der Waals surface area contributed by atoms with Crippen LogP contribution in [0, 0.1) is 17.8 Å². The Kier molecular flexibility index (Phi) is 4.55. The van der Waals surface area contributed by atoms with Gasteiger partial charge in [0.05, 0.1) is 4.90 Å². The van der Waals surface area contributed by atoms with Gasteiger partial charge in [0.1, 0.15) is 0 Å². The number of hydrogen-bond acceptors (Lipinski definition) is 3. The molecule has 0 atom stereocenters. The van der Waals surface area contributed by atoms with Crippen LogP contribution in [-0.2, 0) is 10.0 Å². The van der Waals surface area contributed by atoms with Crippen LogP contribution in [0.4, 0.5) is 0 Å². The van der Waals surface area contributed by atoms with E-state index in [-0.39, 0.29) is 16.3 Å². The third kappa shape index (κ3) is 3.28. The topological polar surface area (TPSA) is 66.5 Å². The molecule has 5 aliphatic rings. The molecule has 1 saturated heterocycles. The fourth-order valence-corrected chi connectivity index (χ4v) is 8.19. The van der Waals surface area contributed by atoms with Crippen LogP contribution in [0.2, 0.25) is 0 Å². The lowest BCUT2D eigenvalue weighted by atomic mass is 9.53. The average molecular weight is 403 g/mol. The number of nitrogens with one attached hydrogen (secondary N) is 1. The van der Waals surface area contributed by atoms with Crippen molar-refractivity contribution in [1.29, 1.82) is 0 Å². The van der Waals surface area contributed by atoms with Crippen molar-refractivity contribution in [2.45, 2.75) is 68.2 Å². The Morgan fingerprint density at radius 1 is 0.964 bits per heavy atom. The van der Waals surface area contributed by atoms with Crippen LogP contribution in [0.1, 0.15) is 68.1 Å². The van der Waals surface area contributed by atoms with E-state index in [9.17, 15) is 13.2 Å². The highest BCUT2D eigenvalue weighted by atomic mass is 32.2. The third-order valence-corrected chi connectivity index (χ3v) is 9.36. The molecule has 4 aliphatic carbocycles. The number of sulfonamides is 1. The molecule has 4 bridgehead atoms. The number of amides is 1. The fourth-order valence-electron chi connectivity index (χ4n) is 6.63. The number of nitrogens with zero attached hydrogens (tertiary/aromatic N) is 1. The van der Waals surface area contributed by atoms with Gasteiger partial charge in [-0.2, -0.15) is 4.31 Å². The number of hydrogen-bond donors (Lipinski definition) is 1. The molecular formula is C22H30N2O3S. The monoisotopic (exact) mass is 402 g/mol. The zero-order chi connectivity index (χ0) is 19.4. The van der Waals surface area contributed by atoms with Gasteiger partial charge in [-0.05, 0) is 87.3 Å². The van der Waals surface area contributed by atoms with E-state index >= 15 is 0 Å². The van der Waals surface area contributed by atoms with Crippen LogP contribution < -0.4 is 5.32 Å². The molecule has 1 N–H and O–H groups in total. The summed E-state index contributed by atoms with van der Waals surface area (Å²) in [5.74, 6) is 2.17. The summed E-state index contributed by atoms with van der Waals surface area (Å²) in [6, 6.07) is 6.63. The lowest BCUT2D eigenvalue weighted by molar-refractivity contribution is -0.0167. The molecule has 6 heteroatoms. The summed E-state index contributed by atoms with van der Waals surface area (Å²) in [4.78, 5) is 13.3. The highest BCUT2D eigenvalue weighted by Crippen LogP contribution is 2.55. The van der Waals surface area contributed by atoms with Crippen molar-refractivity contribution in [2.75, 3.05) is 13.1 Å². The van der Waals surface area contributed by atoms with Gasteiger partial charge in [0.15, 0.2) is 0 Å². The summed E-state index contributed by atoms with van der Waals surface area (Å²) in [6.45, 7) is 1.15. The predicted octanol–water partition coefficient (Wildman–Crippen LogP) is 3.56. The average Bonchev–Trinajstić information content (AvgIpc) is 2.67. The molecule has 0 spiro atoms. The first-order chi connectivity index (χ1) is 13.4. The Labute approximate surface area is 167 Å². The summed E-state index contributed by atoms with van der Waals surface area (Å²) in [5.41, 5.74) is 0.405. The van der Waals surface area contributed by atoms with Crippen molar-refractivity contribution in [3.05, 3.63) is 29.8 Å². The summed E-state index contributed by atoms with van der Waals surface area (Å²) in [7, 11) is -3.52.